The molecule has 31 heavy (non-hydrogen) atoms. The number of nitrogens with zero attached hydrogens (tertiary/aromatic N) is 1. The lowest BCUT2D eigenvalue weighted by Gasteiger charge is -2.19. The third-order valence-electron chi connectivity index (χ3n) is 4.83. The molecule has 3 rings (SSSR count). The SMILES string of the molecule is CCN(CC)S(=O)(=O)c1cccc(NC(=O)c2ccccc2COc2ccccc2)c1. The quantitative estimate of drug-likeness (QED) is 0.532. The molecule has 0 radical (unpaired) electrons. The molecular formula is C24H26N2O4S. The molecular weight excluding hydrogens is 412 g/mol. The van der Waals surface area contributed by atoms with Crippen molar-refractivity contribution in [2.45, 2.75) is 25.3 Å². The molecule has 162 valence electrons. The van der Waals surface area contributed by atoms with E-state index in [9.17, 15) is 13.2 Å². The summed E-state index contributed by atoms with van der Waals surface area (Å²) in [5.41, 5.74) is 1.61. The van der Waals surface area contributed by atoms with Crippen molar-refractivity contribution in [1.29, 1.82) is 0 Å². The third kappa shape index (κ3) is 5.51. The van der Waals surface area contributed by atoms with Crippen LogP contribution in [0.5, 0.6) is 5.75 Å². The number of amides is 1. The molecule has 0 aliphatic rings. The number of hydrogen-bond acceptors (Lipinski definition) is 4. The number of carbonyl (C=O) groups is 1. The molecule has 0 spiro atoms. The van der Waals surface area contributed by atoms with Crippen molar-refractivity contribution in [3.8, 4) is 5.75 Å². The average Bonchev–Trinajstić information content (AvgIpc) is 2.79. The Morgan fingerprint density at radius 3 is 2.29 bits per heavy atom. The van der Waals surface area contributed by atoms with E-state index < -0.39 is 10.0 Å². The summed E-state index contributed by atoms with van der Waals surface area (Å²) in [5, 5.41) is 2.81. The molecule has 0 aromatic heterocycles. The van der Waals surface area contributed by atoms with Gasteiger partial charge >= 0.3 is 0 Å². The normalized spacial score (nSPS) is 11.3. The van der Waals surface area contributed by atoms with Gasteiger partial charge < -0.3 is 10.1 Å². The van der Waals surface area contributed by atoms with Crippen molar-refractivity contribution in [3.63, 3.8) is 0 Å². The van der Waals surface area contributed by atoms with Crippen molar-refractivity contribution < 1.29 is 17.9 Å². The fourth-order valence-corrected chi connectivity index (χ4v) is 4.70. The number of anilines is 1. The van der Waals surface area contributed by atoms with Crippen LogP contribution < -0.4 is 10.1 Å². The van der Waals surface area contributed by atoms with E-state index in [1.807, 2.05) is 42.5 Å². The second-order valence-corrected chi connectivity index (χ2v) is 8.77. The molecule has 1 amide bonds. The number of carbonyl (C=O) groups excluding carboxylic acids is 1. The Morgan fingerprint density at radius 2 is 1.58 bits per heavy atom. The molecule has 0 aliphatic carbocycles. The maximum atomic E-state index is 12.9. The van der Waals surface area contributed by atoms with Gasteiger partial charge in [-0.1, -0.05) is 56.3 Å². The van der Waals surface area contributed by atoms with Gasteiger partial charge in [0.25, 0.3) is 5.91 Å². The van der Waals surface area contributed by atoms with E-state index in [-0.39, 0.29) is 17.4 Å². The van der Waals surface area contributed by atoms with Crippen LogP contribution >= 0.6 is 0 Å². The molecule has 0 aliphatic heterocycles. The molecule has 0 atom stereocenters. The van der Waals surface area contributed by atoms with Gasteiger partial charge in [-0.3, -0.25) is 4.79 Å². The molecule has 0 fully saturated rings. The number of ether oxygens (including phenoxy) is 1. The van der Waals surface area contributed by atoms with Gasteiger partial charge in [-0.2, -0.15) is 4.31 Å². The van der Waals surface area contributed by atoms with Gasteiger partial charge in [0.2, 0.25) is 10.0 Å². The van der Waals surface area contributed by atoms with E-state index in [1.54, 1.807) is 38.1 Å². The lowest BCUT2D eigenvalue weighted by molar-refractivity contribution is 0.102. The fraction of sp³-hybridized carbons (Fsp3) is 0.208. The van der Waals surface area contributed by atoms with Crippen molar-refractivity contribution in [1.82, 2.24) is 4.31 Å². The fourth-order valence-electron chi connectivity index (χ4n) is 3.19. The highest BCUT2D eigenvalue weighted by Gasteiger charge is 2.22. The van der Waals surface area contributed by atoms with Crippen LogP contribution in [0, 0.1) is 0 Å². The standard InChI is InChI=1S/C24H26N2O4S/c1-3-26(4-2)31(28,29)22-15-10-12-20(17-22)25-24(27)23-16-9-8-11-19(23)18-30-21-13-6-5-7-14-21/h5-17H,3-4,18H2,1-2H3,(H,25,27). The van der Waals surface area contributed by atoms with E-state index in [4.69, 9.17) is 4.74 Å². The van der Waals surface area contributed by atoms with Gasteiger partial charge in [-0.05, 0) is 36.4 Å². The zero-order valence-electron chi connectivity index (χ0n) is 17.6. The molecule has 0 bridgehead atoms. The number of hydrogen-bond donors (Lipinski definition) is 1. The van der Waals surface area contributed by atoms with Crippen LogP contribution in [-0.2, 0) is 16.6 Å². The van der Waals surface area contributed by atoms with Crippen LogP contribution in [0.3, 0.4) is 0 Å². The van der Waals surface area contributed by atoms with Gasteiger partial charge in [-0.25, -0.2) is 8.42 Å². The predicted molar refractivity (Wildman–Crippen MR) is 122 cm³/mol. The van der Waals surface area contributed by atoms with E-state index in [2.05, 4.69) is 5.32 Å². The largest absolute Gasteiger partial charge is 0.489 e. The summed E-state index contributed by atoms with van der Waals surface area (Å²) in [6, 6.07) is 22.9. The Labute approximate surface area is 183 Å². The lowest BCUT2D eigenvalue weighted by Crippen LogP contribution is -2.30. The van der Waals surface area contributed by atoms with Gasteiger partial charge in [0.1, 0.15) is 12.4 Å². The molecule has 7 heteroatoms. The summed E-state index contributed by atoms with van der Waals surface area (Å²) in [6.45, 7) is 4.58. The minimum Gasteiger partial charge on any atom is -0.489 e. The Bertz CT molecular complexity index is 1130. The smallest absolute Gasteiger partial charge is 0.256 e. The number of benzene rings is 3. The second-order valence-electron chi connectivity index (χ2n) is 6.83. The minimum atomic E-state index is -3.61. The Morgan fingerprint density at radius 1 is 0.903 bits per heavy atom. The molecule has 1 N–H and O–H groups in total. The first-order valence-corrected chi connectivity index (χ1v) is 11.6. The maximum Gasteiger partial charge on any atom is 0.256 e. The van der Waals surface area contributed by atoms with Crippen molar-refractivity contribution in [2.75, 3.05) is 18.4 Å². The Kier molecular flexibility index (Phi) is 7.44. The topological polar surface area (TPSA) is 75.7 Å². The third-order valence-corrected chi connectivity index (χ3v) is 6.88. The molecule has 3 aromatic rings. The van der Waals surface area contributed by atoms with Gasteiger partial charge in [0, 0.05) is 29.9 Å². The Balaban J connectivity index is 1.78. The highest BCUT2D eigenvalue weighted by atomic mass is 32.2. The molecule has 3 aromatic carbocycles. The van der Waals surface area contributed by atoms with E-state index in [0.29, 0.717) is 30.1 Å². The summed E-state index contributed by atoms with van der Waals surface area (Å²) in [7, 11) is -3.61. The predicted octanol–water partition coefficient (Wildman–Crippen LogP) is 4.55. The summed E-state index contributed by atoms with van der Waals surface area (Å²) < 4.78 is 32.7. The second kappa shape index (κ2) is 10.2. The van der Waals surface area contributed by atoms with E-state index in [0.717, 1.165) is 5.56 Å². The van der Waals surface area contributed by atoms with Gasteiger partial charge in [0.15, 0.2) is 0 Å². The zero-order chi connectivity index (χ0) is 22.3. The average molecular weight is 439 g/mol. The number of nitrogens with one attached hydrogen (secondary N) is 1. The number of para-hydroxylation sites is 1. The van der Waals surface area contributed by atoms with Crippen LogP contribution in [0.25, 0.3) is 0 Å². The van der Waals surface area contributed by atoms with Crippen LogP contribution in [0.4, 0.5) is 5.69 Å². The molecule has 0 unspecified atom stereocenters. The first-order valence-electron chi connectivity index (χ1n) is 10.1. The molecule has 0 saturated carbocycles. The first kappa shape index (κ1) is 22.5. The molecule has 0 heterocycles. The van der Waals surface area contributed by atoms with Crippen LogP contribution in [0.2, 0.25) is 0 Å². The van der Waals surface area contributed by atoms with Gasteiger partial charge in [0.05, 0.1) is 4.90 Å². The van der Waals surface area contributed by atoms with Crippen LogP contribution in [-0.4, -0.2) is 31.7 Å². The van der Waals surface area contributed by atoms with E-state index >= 15 is 0 Å². The van der Waals surface area contributed by atoms with Gasteiger partial charge in [-0.15, -0.1) is 0 Å². The lowest BCUT2D eigenvalue weighted by atomic mass is 10.1. The summed E-state index contributed by atoms with van der Waals surface area (Å²) in [6.07, 6.45) is 0. The molecule has 0 saturated heterocycles. The summed E-state index contributed by atoms with van der Waals surface area (Å²) in [5.74, 6) is 0.386. The highest BCUT2D eigenvalue weighted by molar-refractivity contribution is 7.89. The Hall–Kier alpha value is -3.16. The summed E-state index contributed by atoms with van der Waals surface area (Å²) >= 11 is 0. The minimum absolute atomic E-state index is 0.148. The highest BCUT2D eigenvalue weighted by Crippen LogP contribution is 2.21. The molecule has 6 nitrogen and oxygen atoms in total. The first-order chi connectivity index (χ1) is 15.0. The maximum absolute atomic E-state index is 12.9. The van der Waals surface area contributed by atoms with Crippen molar-refractivity contribution in [3.05, 3.63) is 90.0 Å². The van der Waals surface area contributed by atoms with Crippen molar-refractivity contribution in [2.24, 2.45) is 0 Å². The van der Waals surface area contributed by atoms with Crippen molar-refractivity contribution >= 4 is 21.6 Å². The number of sulfonamides is 1. The summed E-state index contributed by atoms with van der Waals surface area (Å²) in [4.78, 5) is 13.1. The van der Waals surface area contributed by atoms with E-state index in [1.165, 1.54) is 16.4 Å². The van der Waals surface area contributed by atoms with Crippen LogP contribution in [0.15, 0.2) is 83.8 Å². The number of rotatable bonds is 9. The zero-order valence-corrected chi connectivity index (χ0v) is 18.4. The van der Waals surface area contributed by atoms with Crippen LogP contribution in [0.1, 0.15) is 29.8 Å². The monoisotopic (exact) mass is 438 g/mol.